The van der Waals surface area contributed by atoms with Gasteiger partial charge in [0.1, 0.15) is 5.75 Å². The van der Waals surface area contributed by atoms with E-state index < -0.39 is 0 Å². The molecule has 0 unspecified atom stereocenters. The van der Waals surface area contributed by atoms with E-state index in [2.05, 4.69) is 9.80 Å². The number of methoxy groups -OCH3 is 1. The summed E-state index contributed by atoms with van der Waals surface area (Å²) in [6.45, 7) is 5.59. The van der Waals surface area contributed by atoms with Crippen molar-refractivity contribution in [3.05, 3.63) is 23.4 Å². The molecule has 7 heteroatoms. The van der Waals surface area contributed by atoms with Gasteiger partial charge in [-0.3, -0.25) is 10.1 Å². The number of hydrogen-bond acceptors (Lipinski definition) is 7. The Bertz CT molecular complexity index is 512. The zero-order chi connectivity index (χ0) is 16.2. The van der Waals surface area contributed by atoms with Crippen LogP contribution in [0.15, 0.2) is 18.2 Å². The predicted molar refractivity (Wildman–Crippen MR) is 88.3 cm³/mol. The summed E-state index contributed by atoms with van der Waals surface area (Å²) in [4.78, 5) is 4.77. The molecule has 1 aromatic rings. The zero-order valence-electron chi connectivity index (χ0n) is 13.5. The third-order valence-corrected chi connectivity index (χ3v) is 4.76. The van der Waals surface area contributed by atoms with Crippen molar-refractivity contribution < 1.29 is 14.7 Å². The summed E-state index contributed by atoms with van der Waals surface area (Å²) in [6.07, 6.45) is 2.20. The monoisotopic (exact) mass is 322 g/mol. The second-order valence-electron chi connectivity index (χ2n) is 6.00. The van der Waals surface area contributed by atoms with Crippen molar-refractivity contribution in [1.29, 1.82) is 0 Å². The molecular weight excluding hydrogens is 298 g/mol. The SMILES string of the molecule is COc1ccc(N2CCC(N3CCOCC3)CC2)cc1N([O-])O. The van der Waals surface area contributed by atoms with Gasteiger partial charge in [-0.1, -0.05) is 0 Å². The summed E-state index contributed by atoms with van der Waals surface area (Å²) < 4.78 is 10.5. The molecule has 2 fully saturated rings. The zero-order valence-corrected chi connectivity index (χ0v) is 13.5. The molecule has 7 nitrogen and oxygen atoms in total. The highest BCUT2D eigenvalue weighted by atomic mass is 16.8. The second-order valence-corrected chi connectivity index (χ2v) is 6.00. The van der Waals surface area contributed by atoms with E-state index in [0.29, 0.717) is 11.8 Å². The predicted octanol–water partition coefficient (Wildman–Crippen LogP) is 1.69. The van der Waals surface area contributed by atoms with Gasteiger partial charge in [0, 0.05) is 37.9 Å². The molecular formula is C16H24N3O4-. The molecule has 0 amide bonds. The molecule has 0 saturated carbocycles. The summed E-state index contributed by atoms with van der Waals surface area (Å²) in [5, 5.41) is 20.4. The molecule has 1 N–H and O–H groups in total. The maximum atomic E-state index is 11.3. The normalized spacial score (nSPS) is 20.6. The number of ether oxygens (including phenoxy) is 2. The Morgan fingerprint density at radius 1 is 1.22 bits per heavy atom. The first-order chi connectivity index (χ1) is 11.2. The number of rotatable bonds is 4. The topological polar surface area (TPSA) is 71.5 Å². The molecule has 3 rings (SSSR count). The number of benzene rings is 1. The van der Waals surface area contributed by atoms with Gasteiger partial charge in [0.25, 0.3) is 0 Å². The smallest absolute Gasteiger partial charge is 0.143 e. The maximum absolute atomic E-state index is 11.3. The van der Waals surface area contributed by atoms with Crippen LogP contribution in [0.2, 0.25) is 0 Å². The van der Waals surface area contributed by atoms with Gasteiger partial charge in [-0.15, -0.1) is 0 Å². The fourth-order valence-corrected chi connectivity index (χ4v) is 3.46. The van der Waals surface area contributed by atoms with Crippen molar-refractivity contribution in [3.63, 3.8) is 0 Å². The summed E-state index contributed by atoms with van der Waals surface area (Å²) in [7, 11) is 1.48. The summed E-state index contributed by atoms with van der Waals surface area (Å²) in [5.74, 6) is 0.370. The van der Waals surface area contributed by atoms with Crippen molar-refractivity contribution in [1.82, 2.24) is 4.90 Å². The van der Waals surface area contributed by atoms with Crippen molar-refractivity contribution in [2.24, 2.45) is 0 Å². The molecule has 0 atom stereocenters. The van der Waals surface area contributed by atoms with Crippen molar-refractivity contribution in [2.75, 3.05) is 56.6 Å². The lowest BCUT2D eigenvalue weighted by molar-refractivity contribution is 0.0115. The van der Waals surface area contributed by atoms with Gasteiger partial charge in [-0.2, -0.15) is 0 Å². The average molecular weight is 322 g/mol. The van der Waals surface area contributed by atoms with E-state index in [-0.39, 0.29) is 10.9 Å². The number of piperidine rings is 1. The average Bonchev–Trinajstić information content (AvgIpc) is 2.62. The van der Waals surface area contributed by atoms with E-state index in [1.54, 1.807) is 12.1 Å². The third-order valence-electron chi connectivity index (χ3n) is 4.76. The number of hydrogen-bond donors (Lipinski definition) is 1. The molecule has 128 valence electrons. The molecule has 23 heavy (non-hydrogen) atoms. The Kier molecular flexibility index (Phi) is 5.22. The molecule has 0 bridgehead atoms. The highest BCUT2D eigenvalue weighted by Crippen LogP contribution is 2.33. The summed E-state index contributed by atoms with van der Waals surface area (Å²) in [5.41, 5.74) is 1.08. The lowest BCUT2D eigenvalue weighted by Crippen LogP contribution is -2.49. The first-order valence-corrected chi connectivity index (χ1v) is 8.10. The molecule has 0 aliphatic carbocycles. The quantitative estimate of drug-likeness (QED) is 0.846. The van der Waals surface area contributed by atoms with E-state index in [1.165, 1.54) is 7.11 Å². The van der Waals surface area contributed by atoms with Gasteiger partial charge >= 0.3 is 0 Å². The van der Waals surface area contributed by atoms with Crippen LogP contribution in [0.5, 0.6) is 5.75 Å². The number of nitrogens with zero attached hydrogens (tertiary/aromatic N) is 3. The molecule has 2 heterocycles. The van der Waals surface area contributed by atoms with Gasteiger partial charge < -0.3 is 24.8 Å². The summed E-state index contributed by atoms with van der Waals surface area (Å²) in [6, 6.07) is 5.95. The first-order valence-electron chi connectivity index (χ1n) is 8.10. The van der Waals surface area contributed by atoms with Gasteiger partial charge in [0.2, 0.25) is 0 Å². The number of morpholine rings is 1. The molecule has 0 aromatic heterocycles. The van der Waals surface area contributed by atoms with E-state index in [9.17, 15) is 10.4 Å². The highest BCUT2D eigenvalue weighted by Gasteiger charge is 2.26. The maximum Gasteiger partial charge on any atom is 0.143 e. The first kappa shape index (κ1) is 16.3. The second kappa shape index (κ2) is 7.35. The van der Waals surface area contributed by atoms with Crippen molar-refractivity contribution in [3.8, 4) is 5.75 Å². The van der Waals surface area contributed by atoms with E-state index >= 15 is 0 Å². The van der Waals surface area contributed by atoms with Crippen LogP contribution in [0.3, 0.4) is 0 Å². The van der Waals surface area contributed by atoms with E-state index in [1.807, 2.05) is 6.07 Å². The van der Waals surface area contributed by atoms with E-state index in [4.69, 9.17) is 9.47 Å². The van der Waals surface area contributed by atoms with Crippen LogP contribution in [0.25, 0.3) is 0 Å². The largest absolute Gasteiger partial charge is 0.733 e. The Morgan fingerprint density at radius 2 is 1.91 bits per heavy atom. The minimum atomic E-state index is -0.136. The van der Waals surface area contributed by atoms with Crippen LogP contribution in [0, 0.1) is 5.21 Å². The summed E-state index contributed by atoms with van der Waals surface area (Å²) >= 11 is 0. The Balaban J connectivity index is 1.64. The number of anilines is 2. The Labute approximate surface area is 136 Å². The molecule has 2 aliphatic heterocycles. The van der Waals surface area contributed by atoms with Crippen LogP contribution < -0.4 is 14.9 Å². The lowest BCUT2D eigenvalue weighted by atomic mass is 10.0. The van der Waals surface area contributed by atoms with Gasteiger partial charge in [-0.25, -0.2) is 0 Å². The molecule has 2 aliphatic rings. The Hall–Kier alpha value is -1.54. The molecule has 1 aromatic carbocycles. The van der Waals surface area contributed by atoms with Crippen LogP contribution in [-0.4, -0.2) is 62.7 Å². The molecule has 0 radical (unpaired) electrons. The van der Waals surface area contributed by atoms with Gasteiger partial charge in [-0.05, 0) is 31.0 Å². The Morgan fingerprint density at radius 3 is 2.52 bits per heavy atom. The standard InChI is InChI=1S/C16H24N3O4/c1-22-16-3-2-14(12-15(16)19(20)21)17-6-4-13(5-7-17)18-8-10-23-11-9-18/h2-3,12-13,20H,4-11H2,1H3/q-1. The van der Waals surface area contributed by atoms with Crippen LogP contribution in [-0.2, 0) is 4.74 Å². The molecule has 2 saturated heterocycles. The van der Waals surface area contributed by atoms with Crippen LogP contribution >= 0.6 is 0 Å². The lowest BCUT2D eigenvalue weighted by Gasteiger charge is -2.41. The van der Waals surface area contributed by atoms with Crippen LogP contribution in [0.4, 0.5) is 11.4 Å². The minimum absolute atomic E-state index is 0.136. The van der Waals surface area contributed by atoms with Gasteiger partial charge in [0.15, 0.2) is 0 Å². The van der Waals surface area contributed by atoms with E-state index in [0.717, 1.165) is 57.9 Å². The van der Waals surface area contributed by atoms with Gasteiger partial charge in [0.05, 0.1) is 26.0 Å². The fourth-order valence-electron chi connectivity index (χ4n) is 3.46. The molecule has 0 spiro atoms. The fraction of sp³-hybridized carbons (Fsp3) is 0.625. The van der Waals surface area contributed by atoms with Crippen LogP contribution in [0.1, 0.15) is 12.8 Å². The van der Waals surface area contributed by atoms with Crippen molar-refractivity contribution >= 4 is 11.4 Å². The highest BCUT2D eigenvalue weighted by molar-refractivity contribution is 5.66. The van der Waals surface area contributed by atoms with Crippen molar-refractivity contribution in [2.45, 2.75) is 18.9 Å². The minimum Gasteiger partial charge on any atom is -0.733 e. The third kappa shape index (κ3) is 3.69.